The average molecular weight is 335 g/mol. The van der Waals surface area contributed by atoms with E-state index in [1.54, 1.807) is 0 Å². The Morgan fingerprint density at radius 1 is 0.760 bits per heavy atom. The second-order valence-corrected chi connectivity index (χ2v) is 7.89. The van der Waals surface area contributed by atoms with E-state index in [-0.39, 0.29) is 5.54 Å². The molecule has 2 aromatic carbocycles. The van der Waals surface area contributed by atoms with E-state index in [1.165, 1.54) is 36.9 Å². The van der Waals surface area contributed by atoms with Gasteiger partial charge >= 0.3 is 0 Å². The van der Waals surface area contributed by atoms with Crippen molar-refractivity contribution in [3.8, 4) is 0 Å². The normalized spacial score (nSPS) is 28.0. The maximum Gasteiger partial charge on any atom is 0.0462 e. The third kappa shape index (κ3) is 3.32. The first-order chi connectivity index (χ1) is 12.3. The lowest BCUT2D eigenvalue weighted by Gasteiger charge is -2.51. The number of piperazine rings is 1. The molecule has 0 amide bonds. The van der Waals surface area contributed by atoms with E-state index in [0.29, 0.717) is 0 Å². The van der Waals surface area contributed by atoms with Gasteiger partial charge in [-0.05, 0) is 49.3 Å². The lowest BCUT2D eigenvalue weighted by molar-refractivity contribution is 0.0299. The highest BCUT2D eigenvalue weighted by Gasteiger charge is 2.41. The maximum absolute atomic E-state index is 2.80. The van der Waals surface area contributed by atoms with Crippen molar-refractivity contribution in [3.05, 3.63) is 66.2 Å². The lowest BCUT2D eigenvalue weighted by atomic mass is 9.72. The third-order valence-electron chi connectivity index (χ3n) is 6.42. The molecule has 0 bridgehead atoms. The Kier molecular flexibility index (Phi) is 4.80. The predicted octanol–water partition coefficient (Wildman–Crippen LogP) is 4.91. The van der Waals surface area contributed by atoms with Crippen LogP contribution in [0.5, 0.6) is 0 Å². The average Bonchev–Trinajstić information content (AvgIpc) is 2.70. The van der Waals surface area contributed by atoms with E-state index in [0.717, 1.165) is 32.1 Å². The van der Waals surface area contributed by atoms with E-state index in [2.05, 4.69) is 77.4 Å². The van der Waals surface area contributed by atoms with Crippen molar-refractivity contribution in [2.45, 2.75) is 38.1 Å². The molecule has 2 nitrogen and oxygen atoms in total. The summed E-state index contributed by atoms with van der Waals surface area (Å²) >= 11 is 0. The van der Waals surface area contributed by atoms with E-state index in [1.807, 2.05) is 0 Å². The zero-order valence-corrected chi connectivity index (χ0v) is 15.4. The number of hydrogen-bond donors (Lipinski definition) is 0. The molecule has 2 aromatic rings. The molecule has 0 unspecified atom stereocenters. The highest BCUT2D eigenvalue weighted by atomic mass is 15.3. The summed E-state index contributed by atoms with van der Waals surface area (Å²) in [6.07, 6.45) is 5.33. The number of anilines is 1. The van der Waals surface area contributed by atoms with Crippen molar-refractivity contribution < 1.29 is 0 Å². The Morgan fingerprint density at radius 2 is 1.32 bits per heavy atom. The van der Waals surface area contributed by atoms with Crippen LogP contribution in [0.25, 0.3) is 0 Å². The van der Waals surface area contributed by atoms with Crippen molar-refractivity contribution in [1.82, 2.24) is 4.90 Å². The van der Waals surface area contributed by atoms with Gasteiger partial charge in [0.2, 0.25) is 0 Å². The zero-order valence-electron chi connectivity index (χ0n) is 15.4. The Labute approximate surface area is 152 Å². The Bertz CT molecular complexity index is 651. The number of benzene rings is 2. The molecule has 0 spiro atoms. The van der Waals surface area contributed by atoms with Crippen LogP contribution in [0.1, 0.15) is 38.2 Å². The van der Waals surface area contributed by atoms with Crippen LogP contribution < -0.4 is 4.90 Å². The van der Waals surface area contributed by atoms with Crippen LogP contribution in [-0.4, -0.2) is 31.1 Å². The molecule has 1 saturated carbocycles. The standard InChI is InChI=1S/C23H30N2/c1-20-12-14-23(15-13-20,21-8-4-2-5-9-21)25-18-16-24(17-19-25)22-10-6-3-7-11-22/h2-11,20H,12-19H2,1H3/t20-,23+. The number of nitrogens with zero attached hydrogens (tertiary/aromatic N) is 2. The fourth-order valence-electron chi connectivity index (χ4n) is 4.81. The van der Waals surface area contributed by atoms with Crippen molar-refractivity contribution in [3.63, 3.8) is 0 Å². The summed E-state index contributed by atoms with van der Waals surface area (Å²) in [6, 6.07) is 22.2. The van der Waals surface area contributed by atoms with Gasteiger partial charge in [0.15, 0.2) is 0 Å². The second-order valence-electron chi connectivity index (χ2n) is 7.89. The van der Waals surface area contributed by atoms with Gasteiger partial charge in [0, 0.05) is 37.4 Å². The molecular formula is C23H30N2. The molecule has 0 aromatic heterocycles. The SMILES string of the molecule is C[C@H]1CC[C@@](c2ccccc2)(N2CCN(c3ccccc3)CC2)CC1. The molecule has 2 heteroatoms. The minimum Gasteiger partial charge on any atom is -0.369 e. The molecule has 0 radical (unpaired) electrons. The van der Waals surface area contributed by atoms with Gasteiger partial charge in [-0.25, -0.2) is 0 Å². The van der Waals surface area contributed by atoms with Crippen LogP contribution in [0.15, 0.2) is 60.7 Å². The summed E-state index contributed by atoms with van der Waals surface area (Å²) in [5.41, 5.74) is 3.17. The molecule has 2 fully saturated rings. The molecule has 4 rings (SSSR count). The van der Waals surface area contributed by atoms with E-state index < -0.39 is 0 Å². The van der Waals surface area contributed by atoms with Gasteiger partial charge in [-0.1, -0.05) is 55.5 Å². The van der Waals surface area contributed by atoms with Crippen LogP contribution in [0.4, 0.5) is 5.69 Å². The van der Waals surface area contributed by atoms with Gasteiger partial charge < -0.3 is 4.90 Å². The fraction of sp³-hybridized carbons (Fsp3) is 0.478. The van der Waals surface area contributed by atoms with Gasteiger partial charge in [0.25, 0.3) is 0 Å². The van der Waals surface area contributed by atoms with Gasteiger partial charge in [-0.2, -0.15) is 0 Å². The van der Waals surface area contributed by atoms with E-state index in [9.17, 15) is 0 Å². The summed E-state index contributed by atoms with van der Waals surface area (Å²) in [5, 5.41) is 0. The monoisotopic (exact) mass is 334 g/mol. The molecular weight excluding hydrogens is 304 g/mol. The van der Waals surface area contributed by atoms with Gasteiger partial charge in [0.1, 0.15) is 0 Å². The quantitative estimate of drug-likeness (QED) is 0.786. The molecule has 1 heterocycles. The summed E-state index contributed by atoms with van der Waals surface area (Å²) in [7, 11) is 0. The van der Waals surface area contributed by atoms with Crippen molar-refractivity contribution in [1.29, 1.82) is 0 Å². The maximum atomic E-state index is 2.80. The predicted molar refractivity (Wildman–Crippen MR) is 106 cm³/mol. The number of hydrogen-bond acceptors (Lipinski definition) is 2. The first-order valence-corrected chi connectivity index (χ1v) is 9.88. The van der Waals surface area contributed by atoms with Crippen LogP contribution in [-0.2, 0) is 5.54 Å². The fourth-order valence-corrected chi connectivity index (χ4v) is 4.81. The van der Waals surface area contributed by atoms with Gasteiger partial charge in [-0.3, -0.25) is 4.90 Å². The van der Waals surface area contributed by atoms with Crippen molar-refractivity contribution in [2.24, 2.45) is 5.92 Å². The molecule has 0 N–H and O–H groups in total. The number of para-hydroxylation sites is 1. The molecule has 0 atom stereocenters. The highest BCUT2D eigenvalue weighted by Crippen LogP contribution is 2.44. The molecule has 1 aliphatic heterocycles. The molecule has 132 valence electrons. The van der Waals surface area contributed by atoms with E-state index in [4.69, 9.17) is 0 Å². The Morgan fingerprint density at radius 3 is 1.92 bits per heavy atom. The van der Waals surface area contributed by atoms with Gasteiger partial charge in [0.05, 0.1) is 0 Å². The van der Waals surface area contributed by atoms with Crippen molar-refractivity contribution in [2.75, 3.05) is 31.1 Å². The molecule has 2 aliphatic rings. The summed E-state index contributed by atoms with van der Waals surface area (Å²) in [4.78, 5) is 5.34. The smallest absolute Gasteiger partial charge is 0.0462 e. The first kappa shape index (κ1) is 16.7. The molecule has 1 aliphatic carbocycles. The molecule has 1 saturated heterocycles. The largest absolute Gasteiger partial charge is 0.369 e. The topological polar surface area (TPSA) is 6.48 Å². The Balaban J connectivity index is 1.54. The van der Waals surface area contributed by atoms with Crippen LogP contribution in [0.3, 0.4) is 0 Å². The second kappa shape index (κ2) is 7.21. The van der Waals surface area contributed by atoms with Crippen LogP contribution >= 0.6 is 0 Å². The van der Waals surface area contributed by atoms with Crippen molar-refractivity contribution >= 4 is 5.69 Å². The van der Waals surface area contributed by atoms with Gasteiger partial charge in [-0.15, -0.1) is 0 Å². The minimum atomic E-state index is 0.260. The summed E-state index contributed by atoms with van der Waals surface area (Å²) in [5.74, 6) is 0.877. The lowest BCUT2D eigenvalue weighted by Crippen LogP contribution is -2.56. The summed E-state index contributed by atoms with van der Waals surface area (Å²) in [6.45, 7) is 7.01. The van der Waals surface area contributed by atoms with E-state index >= 15 is 0 Å². The zero-order chi connectivity index (χ0) is 17.1. The third-order valence-corrected chi connectivity index (χ3v) is 6.42. The van der Waals surface area contributed by atoms with Crippen LogP contribution in [0, 0.1) is 5.92 Å². The minimum absolute atomic E-state index is 0.260. The van der Waals surface area contributed by atoms with Crippen LogP contribution in [0.2, 0.25) is 0 Å². The summed E-state index contributed by atoms with van der Waals surface area (Å²) < 4.78 is 0. The number of rotatable bonds is 3. The molecule has 25 heavy (non-hydrogen) atoms. The Hall–Kier alpha value is -1.80. The highest BCUT2D eigenvalue weighted by molar-refractivity contribution is 5.46. The first-order valence-electron chi connectivity index (χ1n) is 9.88.